The fourth-order valence-electron chi connectivity index (χ4n) is 0.715. The van der Waals surface area contributed by atoms with Gasteiger partial charge in [-0.25, -0.2) is 4.39 Å². The third kappa shape index (κ3) is 4.99. The third-order valence-electron chi connectivity index (χ3n) is 1.23. The topological polar surface area (TPSA) is 29.5 Å². The van der Waals surface area contributed by atoms with Gasteiger partial charge in [0, 0.05) is 6.61 Å². The second-order valence-electron chi connectivity index (χ2n) is 2.36. The molecule has 0 fully saturated rings. The molecule has 0 amide bonds. The van der Waals surface area contributed by atoms with Gasteiger partial charge in [-0.2, -0.15) is 4.39 Å². The summed E-state index contributed by atoms with van der Waals surface area (Å²) in [6.07, 6.45) is 4.87. The monoisotopic (exact) mass is 214 g/mol. The second-order valence-corrected chi connectivity index (χ2v) is 2.36. The summed E-state index contributed by atoms with van der Waals surface area (Å²) < 4.78 is 30.0. The molecule has 1 rings (SSSR count). The Morgan fingerprint density at radius 2 is 2.07 bits per heavy atom. The Balaban J connectivity index is 0.000000583. The van der Waals surface area contributed by atoms with E-state index in [2.05, 4.69) is 5.92 Å². The number of hydrogen-bond acceptors (Lipinski definition) is 2. The summed E-state index contributed by atoms with van der Waals surface area (Å²) in [4.78, 5) is 0. The van der Waals surface area contributed by atoms with E-state index in [1.807, 2.05) is 0 Å². The molecular weight excluding hydrogens is 202 g/mol. The van der Waals surface area contributed by atoms with E-state index in [1.165, 1.54) is 12.1 Å². The Bertz CT molecular complexity index is 332. The van der Waals surface area contributed by atoms with Gasteiger partial charge in [-0.05, 0) is 19.1 Å². The Morgan fingerprint density at radius 1 is 1.47 bits per heavy atom. The molecule has 82 valence electrons. The summed E-state index contributed by atoms with van der Waals surface area (Å²) in [5.74, 6) is 0.0452. The summed E-state index contributed by atoms with van der Waals surface area (Å²) in [6, 6.07) is 3.68. The van der Waals surface area contributed by atoms with Crippen molar-refractivity contribution in [1.82, 2.24) is 0 Å². The standard InChI is InChI=1S/C9H6F2O.C2H6O/c1-2-6-12-8-5-3-4-7(10)9(8)11;1-2-3/h1,3-5H,6H2;3H,2H2,1H3. The van der Waals surface area contributed by atoms with Gasteiger partial charge in [0.25, 0.3) is 0 Å². The van der Waals surface area contributed by atoms with Crippen LogP contribution in [0.5, 0.6) is 5.75 Å². The maximum Gasteiger partial charge on any atom is 0.200 e. The van der Waals surface area contributed by atoms with Crippen LogP contribution in [0.1, 0.15) is 6.92 Å². The highest BCUT2D eigenvalue weighted by Gasteiger charge is 2.07. The second kappa shape index (κ2) is 7.77. The maximum atomic E-state index is 12.8. The maximum absolute atomic E-state index is 12.8. The number of benzene rings is 1. The van der Waals surface area contributed by atoms with Crippen molar-refractivity contribution in [1.29, 1.82) is 0 Å². The largest absolute Gasteiger partial charge is 0.478 e. The molecule has 1 aromatic carbocycles. The van der Waals surface area contributed by atoms with E-state index in [1.54, 1.807) is 6.92 Å². The molecule has 2 nitrogen and oxygen atoms in total. The van der Waals surface area contributed by atoms with Gasteiger partial charge in [0.05, 0.1) is 0 Å². The molecule has 0 aliphatic rings. The van der Waals surface area contributed by atoms with E-state index in [4.69, 9.17) is 16.3 Å². The van der Waals surface area contributed by atoms with Crippen molar-refractivity contribution >= 4 is 0 Å². The molecule has 0 aliphatic carbocycles. The Hall–Kier alpha value is -1.60. The average molecular weight is 214 g/mol. The first-order valence-corrected chi connectivity index (χ1v) is 4.28. The van der Waals surface area contributed by atoms with Crippen LogP contribution in [0.3, 0.4) is 0 Å². The zero-order valence-electron chi connectivity index (χ0n) is 8.34. The number of hydrogen-bond donors (Lipinski definition) is 1. The Morgan fingerprint density at radius 3 is 2.60 bits per heavy atom. The van der Waals surface area contributed by atoms with E-state index in [0.717, 1.165) is 6.07 Å². The van der Waals surface area contributed by atoms with Crippen molar-refractivity contribution in [3.63, 3.8) is 0 Å². The summed E-state index contributed by atoms with van der Waals surface area (Å²) in [5.41, 5.74) is 0. The fraction of sp³-hybridized carbons (Fsp3) is 0.273. The average Bonchev–Trinajstić information content (AvgIpc) is 2.22. The zero-order chi connectivity index (χ0) is 11.7. The molecule has 1 N–H and O–H groups in total. The molecule has 0 radical (unpaired) electrons. The van der Waals surface area contributed by atoms with Gasteiger partial charge in [0.15, 0.2) is 11.6 Å². The zero-order valence-corrected chi connectivity index (χ0v) is 8.34. The number of ether oxygens (including phenoxy) is 1. The van der Waals surface area contributed by atoms with Gasteiger partial charge in [0.2, 0.25) is 5.82 Å². The van der Waals surface area contributed by atoms with Crippen molar-refractivity contribution in [2.45, 2.75) is 6.92 Å². The van der Waals surface area contributed by atoms with Crippen molar-refractivity contribution in [3.8, 4) is 18.1 Å². The quantitative estimate of drug-likeness (QED) is 0.763. The molecule has 0 heterocycles. The van der Waals surface area contributed by atoms with E-state index in [0.29, 0.717) is 0 Å². The predicted molar refractivity (Wildman–Crippen MR) is 53.4 cm³/mol. The summed E-state index contributed by atoms with van der Waals surface area (Å²) >= 11 is 0. The lowest BCUT2D eigenvalue weighted by molar-refractivity contribution is 0.318. The normalized spacial score (nSPS) is 8.47. The lowest BCUT2D eigenvalue weighted by atomic mass is 10.3. The first kappa shape index (κ1) is 13.4. The van der Waals surface area contributed by atoms with Crippen molar-refractivity contribution in [2.24, 2.45) is 0 Å². The predicted octanol–water partition coefficient (Wildman–Crippen LogP) is 1.98. The van der Waals surface area contributed by atoms with Gasteiger partial charge in [-0.15, -0.1) is 6.42 Å². The molecule has 0 unspecified atom stereocenters. The van der Waals surface area contributed by atoms with Crippen molar-refractivity contribution in [2.75, 3.05) is 13.2 Å². The highest BCUT2D eigenvalue weighted by molar-refractivity contribution is 5.25. The Labute approximate surface area is 87.5 Å². The van der Waals surface area contributed by atoms with E-state index in [9.17, 15) is 8.78 Å². The highest BCUT2D eigenvalue weighted by atomic mass is 19.2. The minimum absolute atomic E-state index is 0.0691. The van der Waals surface area contributed by atoms with Crippen LogP contribution in [-0.2, 0) is 0 Å². The van der Waals surface area contributed by atoms with Crippen LogP contribution >= 0.6 is 0 Å². The van der Waals surface area contributed by atoms with Crippen molar-refractivity contribution in [3.05, 3.63) is 29.8 Å². The van der Waals surface area contributed by atoms with Crippen LogP contribution in [-0.4, -0.2) is 18.3 Å². The molecule has 0 spiro atoms. The smallest absolute Gasteiger partial charge is 0.200 e. The van der Waals surface area contributed by atoms with Crippen LogP contribution < -0.4 is 4.74 Å². The number of halogens is 2. The van der Waals surface area contributed by atoms with Crippen molar-refractivity contribution < 1.29 is 18.6 Å². The summed E-state index contributed by atoms with van der Waals surface area (Å²) in [7, 11) is 0. The van der Waals surface area contributed by atoms with Gasteiger partial charge in [0.1, 0.15) is 6.61 Å². The van der Waals surface area contributed by atoms with E-state index >= 15 is 0 Å². The fourth-order valence-corrected chi connectivity index (χ4v) is 0.715. The Kier molecular flexibility index (Phi) is 6.94. The van der Waals surface area contributed by atoms with Crippen LogP contribution in [0.25, 0.3) is 0 Å². The first-order valence-electron chi connectivity index (χ1n) is 4.28. The molecule has 0 saturated carbocycles. The summed E-state index contributed by atoms with van der Waals surface area (Å²) in [5, 5.41) is 7.57. The van der Waals surface area contributed by atoms with Gasteiger partial charge < -0.3 is 9.84 Å². The van der Waals surface area contributed by atoms with Crippen LogP contribution in [0.15, 0.2) is 18.2 Å². The minimum Gasteiger partial charge on any atom is -0.478 e. The molecule has 0 aliphatic heterocycles. The van der Waals surface area contributed by atoms with Gasteiger partial charge >= 0.3 is 0 Å². The molecule has 0 aromatic heterocycles. The third-order valence-corrected chi connectivity index (χ3v) is 1.23. The highest BCUT2D eigenvalue weighted by Crippen LogP contribution is 2.18. The minimum atomic E-state index is -1.01. The van der Waals surface area contributed by atoms with Gasteiger partial charge in [-0.1, -0.05) is 12.0 Å². The lowest BCUT2D eigenvalue weighted by Crippen LogP contribution is -1.97. The lowest BCUT2D eigenvalue weighted by Gasteiger charge is -2.02. The van der Waals surface area contributed by atoms with Crippen LogP contribution in [0, 0.1) is 24.0 Å². The number of rotatable bonds is 2. The van der Waals surface area contributed by atoms with Gasteiger partial charge in [-0.3, -0.25) is 0 Å². The van der Waals surface area contributed by atoms with Crippen LogP contribution in [0.4, 0.5) is 8.78 Å². The van der Waals surface area contributed by atoms with Crippen LogP contribution in [0.2, 0.25) is 0 Å². The molecule has 15 heavy (non-hydrogen) atoms. The number of aliphatic hydroxyl groups excluding tert-OH is 1. The molecule has 0 bridgehead atoms. The number of aliphatic hydroxyl groups is 1. The molecule has 1 aromatic rings. The molecular formula is C11H12F2O2. The SMILES string of the molecule is C#CCOc1cccc(F)c1F.CCO. The first-order chi connectivity index (χ1) is 7.17. The molecule has 4 heteroatoms. The van der Waals surface area contributed by atoms with E-state index in [-0.39, 0.29) is 19.0 Å². The molecule has 0 saturated heterocycles. The van der Waals surface area contributed by atoms with E-state index < -0.39 is 11.6 Å². The molecule has 0 atom stereocenters. The summed E-state index contributed by atoms with van der Waals surface area (Å²) in [6.45, 7) is 1.86. The number of terminal acetylenes is 1.